The Labute approximate surface area is 119 Å². The molecule has 1 aliphatic carbocycles. The number of hydrogen-bond acceptors (Lipinski definition) is 3. The molecule has 2 aliphatic heterocycles. The van der Waals surface area contributed by atoms with Gasteiger partial charge in [-0.15, -0.1) is 11.3 Å². The van der Waals surface area contributed by atoms with Crippen molar-refractivity contribution in [3.05, 3.63) is 56.3 Å². The normalized spacial score (nSPS) is 22.0. The highest BCUT2D eigenvalue weighted by Crippen LogP contribution is 2.43. The minimum absolute atomic E-state index is 0.0484. The third-order valence-electron chi connectivity index (χ3n) is 4.62. The van der Waals surface area contributed by atoms with Crippen LogP contribution in [0.15, 0.2) is 23.6 Å². The average molecular weight is 281 g/mol. The summed E-state index contributed by atoms with van der Waals surface area (Å²) < 4.78 is 0. The van der Waals surface area contributed by atoms with Gasteiger partial charge in [0.15, 0.2) is 0 Å². The second-order valence-electron chi connectivity index (χ2n) is 5.74. The van der Waals surface area contributed by atoms with Gasteiger partial charge in [-0.2, -0.15) is 0 Å². The number of carbonyl (C=O) groups is 2. The predicted molar refractivity (Wildman–Crippen MR) is 74.9 cm³/mol. The van der Waals surface area contributed by atoms with Gasteiger partial charge in [0.1, 0.15) is 0 Å². The standard InChI is InChI=1S/C16H11NO2S/c18-15-12-5-10-3-9(10)4-11(12)13-6-14-8(1-2-20-14)7-17(13)16(15)19/h1-2,4-5,13H,3,6-7H2/t13-/m0/s1. The van der Waals surface area contributed by atoms with Gasteiger partial charge in [-0.05, 0) is 46.2 Å². The quantitative estimate of drug-likeness (QED) is 0.594. The maximum Gasteiger partial charge on any atom is 0.295 e. The van der Waals surface area contributed by atoms with Crippen molar-refractivity contribution in [1.29, 1.82) is 0 Å². The van der Waals surface area contributed by atoms with E-state index in [4.69, 9.17) is 0 Å². The van der Waals surface area contributed by atoms with Crippen molar-refractivity contribution in [3.63, 3.8) is 0 Å². The van der Waals surface area contributed by atoms with E-state index >= 15 is 0 Å². The highest BCUT2D eigenvalue weighted by Gasteiger charge is 2.42. The summed E-state index contributed by atoms with van der Waals surface area (Å²) in [5.74, 6) is -0.662. The molecule has 1 atom stereocenters. The van der Waals surface area contributed by atoms with E-state index < -0.39 is 0 Å². The Hall–Kier alpha value is -1.94. The minimum Gasteiger partial charge on any atom is -0.324 e. The number of hydrogen-bond donors (Lipinski definition) is 0. The van der Waals surface area contributed by atoms with Gasteiger partial charge in [-0.1, -0.05) is 6.07 Å². The SMILES string of the molecule is O=C1C(=O)N2Cc3ccsc3C[C@H]2c2cc3c(cc21)C3. The number of benzene rings is 1. The van der Waals surface area contributed by atoms with E-state index in [1.54, 1.807) is 16.2 Å². The highest BCUT2D eigenvalue weighted by molar-refractivity contribution is 7.10. The van der Waals surface area contributed by atoms with Crippen molar-refractivity contribution >= 4 is 23.0 Å². The van der Waals surface area contributed by atoms with E-state index in [9.17, 15) is 9.59 Å². The molecule has 3 aliphatic rings. The number of nitrogens with zero attached hydrogens (tertiary/aromatic N) is 1. The van der Waals surface area contributed by atoms with Crippen LogP contribution in [-0.4, -0.2) is 16.6 Å². The van der Waals surface area contributed by atoms with E-state index in [0.717, 1.165) is 18.4 Å². The maximum absolute atomic E-state index is 12.4. The molecular formula is C16H11NO2S. The lowest BCUT2D eigenvalue weighted by atomic mass is 9.86. The molecule has 1 amide bonds. The fraction of sp³-hybridized carbons (Fsp3) is 0.250. The fourth-order valence-corrected chi connectivity index (χ4v) is 4.38. The molecule has 0 fully saturated rings. The molecule has 2 aromatic rings. The van der Waals surface area contributed by atoms with Crippen LogP contribution in [0.1, 0.15) is 43.5 Å². The second-order valence-corrected chi connectivity index (χ2v) is 6.74. The molecule has 0 radical (unpaired) electrons. The zero-order valence-corrected chi connectivity index (χ0v) is 11.5. The van der Waals surface area contributed by atoms with Gasteiger partial charge in [-0.3, -0.25) is 9.59 Å². The first-order chi connectivity index (χ1) is 9.72. The number of fused-ring (bicyclic) bond motifs is 5. The van der Waals surface area contributed by atoms with Crippen LogP contribution in [0.4, 0.5) is 0 Å². The predicted octanol–water partition coefficient (Wildman–Crippen LogP) is 2.47. The topological polar surface area (TPSA) is 37.4 Å². The molecule has 0 N–H and O–H groups in total. The van der Waals surface area contributed by atoms with Gasteiger partial charge in [0, 0.05) is 23.4 Å². The Morgan fingerprint density at radius 1 is 1.15 bits per heavy atom. The smallest absolute Gasteiger partial charge is 0.295 e. The van der Waals surface area contributed by atoms with Gasteiger partial charge in [0.25, 0.3) is 11.7 Å². The molecule has 5 rings (SSSR count). The van der Waals surface area contributed by atoms with Crippen LogP contribution in [0.25, 0.3) is 0 Å². The van der Waals surface area contributed by atoms with E-state index in [0.29, 0.717) is 12.1 Å². The lowest BCUT2D eigenvalue weighted by Gasteiger charge is -2.39. The van der Waals surface area contributed by atoms with E-state index in [1.807, 2.05) is 6.07 Å². The lowest BCUT2D eigenvalue weighted by Crippen LogP contribution is -2.46. The summed E-state index contributed by atoms with van der Waals surface area (Å²) in [6.45, 7) is 0.574. The number of ketones is 1. The molecule has 1 aromatic carbocycles. The van der Waals surface area contributed by atoms with Crippen molar-refractivity contribution in [1.82, 2.24) is 4.90 Å². The van der Waals surface area contributed by atoms with Crippen LogP contribution in [0.5, 0.6) is 0 Å². The van der Waals surface area contributed by atoms with Gasteiger partial charge >= 0.3 is 0 Å². The first-order valence-corrected chi connectivity index (χ1v) is 7.66. The minimum atomic E-state index is -0.333. The van der Waals surface area contributed by atoms with Crippen LogP contribution >= 0.6 is 11.3 Å². The largest absolute Gasteiger partial charge is 0.324 e. The van der Waals surface area contributed by atoms with Gasteiger partial charge in [-0.25, -0.2) is 0 Å². The molecule has 0 saturated carbocycles. The number of thiophene rings is 1. The Bertz CT molecular complexity index is 805. The van der Waals surface area contributed by atoms with Gasteiger partial charge in [0.2, 0.25) is 0 Å². The van der Waals surface area contributed by atoms with Crippen LogP contribution < -0.4 is 0 Å². The first kappa shape index (κ1) is 10.8. The maximum atomic E-state index is 12.4. The Morgan fingerprint density at radius 3 is 2.90 bits per heavy atom. The molecule has 0 saturated heterocycles. The molecule has 0 unspecified atom stereocenters. The molecule has 20 heavy (non-hydrogen) atoms. The van der Waals surface area contributed by atoms with Crippen LogP contribution in [0.2, 0.25) is 0 Å². The van der Waals surface area contributed by atoms with Crippen LogP contribution in [0, 0.1) is 0 Å². The second kappa shape index (κ2) is 3.38. The summed E-state index contributed by atoms with van der Waals surface area (Å²) in [5, 5.41) is 2.07. The molecular weight excluding hydrogens is 270 g/mol. The monoisotopic (exact) mass is 281 g/mol. The molecule has 4 heteroatoms. The van der Waals surface area contributed by atoms with Crippen molar-refractivity contribution in [3.8, 4) is 0 Å². The van der Waals surface area contributed by atoms with Crippen molar-refractivity contribution in [2.75, 3.05) is 0 Å². The summed E-state index contributed by atoms with van der Waals surface area (Å²) in [5.41, 5.74) is 5.47. The zero-order valence-electron chi connectivity index (χ0n) is 10.7. The summed E-state index contributed by atoms with van der Waals surface area (Å²) >= 11 is 1.75. The molecule has 98 valence electrons. The van der Waals surface area contributed by atoms with Crippen molar-refractivity contribution in [2.24, 2.45) is 0 Å². The number of amides is 1. The first-order valence-electron chi connectivity index (χ1n) is 6.78. The molecule has 3 nitrogen and oxygen atoms in total. The third kappa shape index (κ3) is 1.25. The van der Waals surface area contributed by atoms with Gasteiger partial charge < -0.3 is 4.90 Å². The highest BCUT2D eigenvalue weighted by atomic mass is 32.1. The van der Waals surface area contributed by atoms with Gasteiger partial charge in [0.05, 0.1) is 6.04 Å². The number of Topliss-reactive ketones (excluding diaryl/α,β-unsaturated/α-hetero) is 1. The molecule has 0 spiro atoms. The summed E-state index contributed by atoms with van der Waals surface area (Å²) in [6.07, 6.45) is 1.82. The van der Waals surface area contributed by atoms with Crippen molar-refractivity contribution < 1.29 is 9.59 Å². The Balaban J connectivity index is 1.72. The number of rotatable bonds is 0. The van der Waals surface area contributed by atoms with Crippen LogP contribution in [0.3, 0.4) is 0 Å². The fourth-order valence-electron chi connectivity index (χ4n) is 3.45. The van der Waals surface area contributed by atoms with Crippen molar-refractivity contribution in [2.45, 2.75) is 25.4 Å². The van der Waals surface area contributed by atoms with Crippen LogP contribution in [-0.2, 0) is 24.2 Å². The summed E-state index contributed by atoms with van der Waals surface area (Å²) in [4.78, 5) is 27.8. The molecule has 3 heterocycles. The number of carbonyl (C=O) groups excluding carboxylic acids is 2. The zero-order chi connectivity index (χ0) is 13.4. The van der Waals surface area contributed by atoms with E-state index in [1.165, 1.54) is 21.6 Å². The van der Waals surface area contributed by atoms with E-state index in [2.05, 4.69) is 17.5 Å². The molecule has 1 aromatic heterocycles. The third-order valence-corrected chi connectivity index (χ3v) is 5.61. The summed E-state index contributed by atoms with van der Waals surface area (Å²) in [7, 11) is 0. The average Bonchev–Trinajstić information content (AvgIpc) is 3.07. The Morgan fingerprint density at radius 2 is 2.00 bits per heavy atom. The Kier molecular flexibility index (Phi) is 1.83. The lowest BCUT2D eigenvalue weighted by molar-refractivity contribution is -0.130. The molecule has 0 bridgehead atoms. The van der Waals surface area contributed by atoms with E-state index in [-0.39, 0.29) is 17.7 Å². The summed E-state index contributed by atoms with van der Waals surface area (Å²) in [6, 6.07) is 6.19.